The van der Waals surface area contributed by atoms with E-state index in [2.05, 4.69) is 50.4 Å². The van der Waals surface area contributed by atoms with Crippen molar-refractivity contribution in [3.8, 4) is 0 Å². The van der Waals surface area contributed by atoms with Crippen molar-refractivity contribution >= 4 is 5.91 Å². The molecule has 3 N–H and O–H groups in total. The number of hydrogen-bond acceptors (Lipinski definition) is 4. The Kier molecular flexibility index (Phi) is 5.39. The van der Waals surface area contributed by atoms with Crippen LogP contribution in [0.15, 0.2) is 54.6 Å². The second kappa shape index (κ2) is 7.79. The van der Waals surface area contributed by atoms with E-state index in [1.54, 1.807) is 19.1 Å². The van der Waals surface area contributed by atoms with Crippen LogP contribution < -0.4 is 5.32 Å². The van der Waals surface area contributed by atoms with Gasteiger partial charge < -0.3 is 20.3 Å². The molecule has 2 aliphatic heterocycles. The van der Waals surface area contributed by atoms with Crippen molar-refractivity contribution in [3.05, 3.63) is 60.2 Å². The average molecular weight is 452 g/mol. The Morgan fingerprint density at radius 1 is 1.15 bits per heavy atom. The first-order valence-corrected chi connectivity index (χ1v) is 12.4. The quantitative estimate of drug-likeness (QED) is 0.475. The number of ether oxygens (including phenoxy) is 1. The zero-order chi connectivity index (χ0) is 23.6. The second-order valence-electron chi connectivity index (χ2n) is 11.4. The van der Waals surface area contributed by atoms with Crippen LogP contribution >= 0.6 is 0 Å². The summed E-state index contributed by atoms with van der Waals surface area (Å²) < 4.78 is 6.33. The molecule has 1 aromatic carbocycles. The standard InChI is InChI=1S/C28H37NO4/c1-17-9-8-12-20-24-27(4,33-24)18(2)23-21(15-19-10-6-5-7-11-19)29-25(31)28(20,23)22(30)13-14-26(3,32)16-17/h5-8,10-14,17-18,20-24,30,32H,9,15-16H2,1-4H3,(H,29,31)/t17-,18-,20-,21-,22+,23-,24+,26+,27+,28+/m0/s1. The number of aliphatic hydroxyl groups is 2. The van der Waals surface area contributed by atoms with Crippen LogP contribution in [0, 0.1) is 29.1 Å². The molecule has 1 saturated carbocycles. The Morgan fingerprint density at radius 3 is 2.61 bits per heavy atom. The third-order valence-electron chi connectivity index (χ3n) is 8.97. The van der Waals surface area contributed by atoms with Crippen molar-refractivity contribution in [1.29, 1.82) is 0 Å². The van der Waals surface area contributed by atoms with Crippen molar-refractivity contribution in [1.82, 2.24) is 5.32 Å². The third-order valence-corrected chi connectivity index (χ3v) is 8.97. The summed E-state index contributed by atoms with van der Waals surface area (Å²) in [4.78, 5) is 13.9. The molecule has 2 aliphatic carbocycles. The number of amides is 1. The minimum Gasteiger partial charge on any atom is -0.388 e. The number of rotatable bonds is 2. The molecule has 1 spiro atoms. The van der Waals surface area contributed by atoms with Gasteiger partial charge in [0, 0.05) is 17.9 Å². The van der Waals surface area contributed by atoms with Gasteiger partial charge in [-0.15, -0.1) is 0 Å². The van der Waals surface area contributed by atoms with Crippen molar-refractivity contribution in [3.63, 3.8) is 0 Å². The Labute approximate surface area is 196 Å². The highest BCUT2D eigenvalue weighted by Crippen LogP contribution is 2.66. The molecule has 10 atom stereocenters. The molecule has 2 saturated heterocycles. The largest absolute Gasteiger partial charge is 0.388 e. The van der Waals surface area contributed by atoms with Crippen LogP contribution in [0.2, 0.25) is 0 Å². The van der Waals surface area contributed by atoms with E-state index >= 15 is 0 Å². The summed E-state index contributed by atoms with van der Waals surface area (Å²) in [6.07, 6.45) is 8.65. The normalized spacial score (nSPS) is 48.8. The molecule has 0 unspecified atom stereocenters. The third kappa shape index (κ3) is 3.51. The van der Waals surface area contributed by atoms with Crippen molar-refractivity contribution < 1.29 is 19.7 Å². The van der Waals surface area contributed by atoms with Crippen molar-refractivity contribution in [2.45, 2.75) is 76.4 Å². The highest BCUT2D eigenvalue weighted by atomic mass is 16.6. The molecule has 5 rings (SSSR count). The first-order chi connectivity index (χ1) is 15.6. The first-order valence-electron chi connectivity index (χ1n) is 12.4. The number of carbonyl (C=O) groups excluding carboxylic acids is 1. The number of epoxide rings is 1. The molecule has 0 aromatic heterocycles. The highest BCUT2D eigenvalue weighted by Gasteiger charge is 2.77. The maximum absolute atomic E-state index is 13.9. The summed E-state index contributed by atoms with van der Waals surface area (Å²) in [5, 5.41) is 25.9. The number of aliphatic hydroxyl groups excluding tert-OH is 1. The van der Waals surface area contributed by atoms with E-state index in [9.17, 15) is 15.0 Å². The fourth-order valence-corrected chi connectivity index (χ4v) is 7.25. The number of carbonyl (C=O) groups is 1. The van der Waals surface area contributed by atoms with E-state index in [0.717, 1.165) is 6.42 Å². The van der Waals surface area contributed by atoms with Gasteiger partial charge in [-0.05, 0) is 50.5 Å². The Bertz CT molecular complexity index is 971. The summed E-state index contributed by atoms with van der Waals surface area (Å²) in [6, 6.07) is 10.1. The summed E-state index contributed by atoms with van der Waals surface area (Å²) in [5.41, 5.74) is -1.20. The number of hydrogen-bond donors (Lipinski definition) is 3. The van der Waals surface area contributed by atoms with Crippen molar-refractivity contribution in [2.75, 3.05) is 0 Å². The molecule has 3 fully saturated rings. The Morgan fingerprint density at radius 2 is 1.88 bits per heavy atom. The predicted molar refractivity (Wildman–Crippen MR) is 127 cm³/mol. The topological polar surface area (TPSA) is 82.1 Å². The zero-order valence-corrected chi connectivity index (χ0v) is 20.1. The lowest BCUT2D eigenvalue weighted by atomic mass is 9.51. The fourth-order valence-electron chi connectivity index (χ4n) is 7.25. The molecule has 4 aliphatic rings. The fraction of sp³-hybridized carbons (Fsp3) is 0.607. The number of nitrogens with one attached hydrogen (secondary N) is 1. The van der Waals surface area contributed by atoms with Crippen LogP contribution in [0.4, 0.5) is 0 Å². The van der Waals surface area contributed by atoms with Gasteiger partial charge >= 0.3 is 0 Å². The van der Waals surface area contributed by atoms with E-state index in [0.29, 0.717) is 12.8 Å². The van der Waals surface area contributed by atoms with Gasteiger partial charge in [-0.3, -0.25) is 4.79 Å². The Hall–Kier alpha value is -1.95. The van der Waals surface area contributed by atoms with E-state index in [4.69, 9.17) is 4.74 Å². The monoisotopic (exact) mass is 451 g/mol. The molecule has 1 aromatic rings. The van der Waals surface area contributed by atoms with Gasteiger partial charge in [0.2, 0.25) is 5.91 Å². The first kappa shape index (κ1) is 22.8. The molecule has 178 valence electrons. The van der Waals surface area contributed by atoms with Crippen LogP contribution in [0.1, 0.15) is 46.1 Å². The molecule has 0 bridgehead atoms. The summed E-state index contributed by atoms with van der Waals surface area (Å²) in [5.74, 6) is -0.0603. The Balaban J connectivity index is 1.63. The minimum absolute atomic E-state index is 0.0902. The van der Waals surface area contributed by atoms with E-state index < -0.39 is 17.1 Å². The van der Waals surface area contributed by atoms with Gasteiger partial charge in [-0.2, -0.15) is 0 Å². The summed E-state index contributed by atoms with van der Waals surface area (Å²) in [6.45, 7) is 8.23. The van der Waals surface area contributed by atoms with Crippen LogP contribution in [0.3, 0.4) is 0 Å². The lowest BCUT2D eigenvalue weighted by Crippen LogP contribution is -2.59. The SMILES string of the molecule is C[C@H]1CC=C[C@H]2[C@H]3O[C@]3(C)[C@@H](C)[C@H]3[C@H](Cc4ccccc4)NC(=O)[C@]32[C@H](O)C=C[C@@](C)(O)C1. The number of allylic oxidation sites excluding steroid dienone is 1. The molecular formula is C28H37NO4. The number of benzene rings is 1. The van der Waals surface area contributed by atoms with Crippen LogP contribution in [-0.4, -0.2) is 45.6 Å². The van der Waals surface area contributed by atoms with Crippen LogP contribution in [0.5, 0.6) is 0 Å². The van der Waals surface area contributed by atoms with Gasteiger partial charge in [0.05, 0.1) is 28.8 Å². The molecular weight excluding hydrogens is 414 g/mol. The average Bonchev–Trinajstić information content (AvgIpc) is 3.37. The lowest BCUT2D eigenvalue weighted by molar-refractivity contribution is -0.142. The smallest absolute Gasteiger partial charge is 0.230 e. The molecule has 5 heteroatoms. The zero-order valence-electron chi connectivity index (χ0n) is 20.1. The van der Waals surface area contributed by atoms with Gasteiger partial charge in [0.25, 0.3) is 0 Å². The predicted octanol–water partition coefficient (Wildman–Crippen LogP) is 3.41. The van der Waals surface area contributed by atoms with E-state index in [-0.39, 0.29) is 47.3 Å². The second-order valence-corrected chi connectivity index (χ2v) is 11.4. The van der Waals surface area contributed by atoms with Gasteiger partial charge in [0.1, 0.15) is 0 Å². The highest BCUT2D eigenvalue weighted by molar-refractivity contribution is 5.88. The van der Waals surface area contributed by atoms with E-state index in [1.165, 1.54) is 5.56 Å². The van der Waals surface area contributed by atoms with E-state index in [1.807, 2.05) is 18.2 Å². The van der Waals surface area contributed by atoms with Gasteiger partial charge in [-0.25, -0.2) is 0 Å². The maximum Gasteiger partial charge on any atom is 0.230 e. The number of fused-ring (bicyclic) bond motifs is 2. The minimum atomic E-state index is -1.04. The van der Waals surface area contributed by atoms with Crippen molar-refractivity contribution in [2.24, 2.45) is 29.1 Å². The lowest BCUT2D eigenvalue weighted by Gasteiger charge is -2.48. The molecule has 2 heterocycles. The molecule has 5 nitrogen and oxygen atoms in total. The van der Waals surface area contributed by atoms with Gasteiger partial charge in [-0.1, -0.05) is 68.5 Å². The maximum atomic E-state index is 13.9. The molecule has 1 amide bonds. The molecule has 0 radical (unpaired) electrons. The summed E-state index contributed by atoms with van der Waals surface area (Å²) in [7, 11) is 0. The van der Waals surface area contributed by atoms with Gasteiger partial charge in [0.15, 0.2) is 0 Å². The summed E-state index contributed by atoms with van der Waals surface area (Å²) >= 11 is 0. The molecule has 33 heavy (non-hydrogen) atoms. The van der Waals surface area contributed by atoms with Crippen LogP contribution in [0.25, 0.3) is 0 Å². The van der Waals surface area contributed by atoms with Crippen LogP contribution in [-0.2, 0) is 16.0 Å².